The number of nitrogens with zero attached hydrogens (tertiary/aromatic N) is 1. The predicted octanol–water partition coefficient (Wildman–Crippen LogP) is 5.43. The van der Waals surface area contributed by atoms with Crippen molar-refractivity contribution in [1.29, 1.82) is 0 Å². The normalized spacial score (nSPS) is 14.5. The van der Waals surface area contributed by atoms with Crippen LogP contribution in [0, 0.1) is 11.1 Å². The molecule has 1 aliphatic rings. The second-order valence-electron chi connectivity index (χ2n) is 8.97. The zero-order valence-corrected chi connectivity index (χ0v) is 19.6. The van der Waals surface area contributed by atoms with Crippen molar-refractivity contribution < 1.29 is 23.8 Å². The molecule has 1 aliphatic carbocycles. The van der Waals surface area contributed by atoms with E-state index in [1.54, 1.807) is 58.0 Å². The second kappa shape index (κ2) is 9.77. The first kappa shape index (κ1) is 23.9. The lowest BCUT2D eigenvalue weighted by molar-refractivity contribution is -0.614. The van der Waals surface area contributed by atoms with Gasteiger partial charge in [-0.25, -0.2) is 4.79 Å². The Morgan fingerprint density at radius 3 is 2.56 bits per heavy atom. The van der Waals surface area contributed by atoms with Crippen molar-refractivity contribution in [2.45, 2.75) is 58.5 Å². The number of hydrogen-bond donors (Lipinski definition) is 1. The summed E-state index contributed by atoms with van der Waals surface area (Å²) in [6.45, 7) is 7.33. The van der Waals surface area contributed by atoms with Crippen LogP contribution in [0.1, 0.15) is 58.6 Å². The molecular weight excluding hydrogens is 432 g/mol. The summed E-state index contributed by atoms with van der Waals surface area (Å²) in [6, 6.07) is 8.35. The van der Waals surface area contributed by atoms with Gasteiger partial charge in [-0.05, 0) is 64.3 Å². The van der Waals surface area contributed by atoms with Crippen LogP contribution in [0.15, 0.2) is 36.5 Å². The summed E-state index contributed by atoms with van der Waals surface area (Å²) >= 11 is 6.18. The van der Waals surface area contributed by atoms with E-state index in [2.05, 4.69) is 5.32 Å². The molecule has 3 rings (SSSR count). The maximum Gasteiger partial charge on any atom is 0.412 e. The lowest BCUT2D eigenvalue weighted by atomic mass is 9.96. The average Bonchev–Trinajstić information content (AvgIpc) is 3.51. The minimum atomic E-state index is -0.653. The van der Waals surface area contributed by atoms with Crippen molar-refractivity contribution in [3.05, 3.63) is 52.5 Å². The van der Waals surface area contributed by atoms with E-state index in [9.17, 15) is 14.8 Å². The number of carbonyl (C=O) groups is 2. The van der Waals surface area contributed by atoms with Gasteiger partial charge in [0.15, 0.2) is 6.20 Å². The fraction of sp³-hybridized carbons (Fsp3) is 0.458. The quantitative estimate of drug-likeness (QED) is 0.337. The Balaban J connectivity index is 1.91. The number of rotatable bonds is 7. The Morgan fingerprint density at radius 2 is 1.97 bits per heavy atom. The molecule has 0 saturated heterocycles. The van der Waals surface area contributed by atoms with Gasteiger partial charge in [0.25, 0.3) is 0 Å². The first-order chi connectivity index (χ1) is 15.1. The summed E-state index contributed by atoms with van der Waals surface area (Å²) in [7, 11) is 0. The molecule has 1 aromatic heterocycles. The molecule has 0 spiro atoms. The summed E-state index contributed by atoms with van der Waals surface area (Å²) in [5.74, 6) is -0.541. The number of ether oxygens (including phenoxy) is 2. The van der Waals surface area contributed by atoms with Crippen LogP contribution in [0.25, 0.3) is 11.1 Å². The molecule has 8 heteroatoms. The fourth-order valence-electron chi connectivity index (χ4n) is 3.47. The van der Waals surface area contributed by atoms with Crippen molar-refractivity contribution >= 4 is 29.4 Å². The molecule has 1 N–H and O–H groups in total. The van der Waals surface area contributed by atoms with Crippen LogP contribution in [0.4, 0.5) is 10.5 Å². The van der Waals surface area contributed by atoms with E-state index >= 15 is 0 Å². The monoisotopic (exact) mass is 460 g/mol. The van der Waals surface area contributed by atoms with Gasteiger partial charge in [-0.2, -0.15) is 4.73 Å². The Labute approximate surface area is 193 Å². The molecule has 1 saturated carbocycles. The zero-order valence-electron chi connectivity index (χ0n) is 18.8. The number of benzene rings is 1. The van der Waals surface area contributed by atoms with Crippen molar-refractivity contribution in [1.82, 2.24) is 0 Å². The van der Waals surface area contributed by atoms with E-state index in [0.717, 1.165) is 12.8 Å². The largest absolute Gasteiger partial charge is 0.618 e. The summed E-state index contributed by atoms with van der Waals surface area (Å²) in [4.78, 5) is 24.8. The third-order valence-corrected chi connectivity index (χ3v) is 5.30. The van der Waals surface area contributed by atoms with Crippen LogP contribution in [0.2, 0.25) is 5.02 Å². The molecule has 7 nitrogen and oxygen atoms in total. The summed E-state index contributed by atoms with van der Waals surface area (Å²) in [5, 5.41) is 16.1. The Hall–Kier alpha value is -2.80. The van der Waals surface area contributed by atoms with Gasteiger partial charge in [0.1, 0.15) is 11.5 Å². The standard InChI is InChI=1S/C24H29ClN2O5/c1-5-31-22(28)19(12-15-6-7-15)21-11-8-16(14-27(21)30)18-13-17(25)9-10-20(18)26-23(29)32-24(2,3)4/h8-11,13-15,19H,5-7,12H2,1-4H3,(H,26,29). The van der Waals surface area contributed by atoms with Crippen molar-refractivity contribution in [3.8, 4) is 11.1 Å². The van der Waals surface area contributed by atoms with E-state index in [4.69, 9.17) is 21.1 Å². The third kappa shape index (κ3) is 6.36. The van der Waals surface area contributed by atoms with Crippen molar-refractivity contribution in [2.24, 2.45) is 5.92 Å². The van der Waals surface area contributed by atoms with Crippen molar-refractivity contribution in [3.63, 3.8) is 0 Å². The molecule has 1 atom stereocenters. The highest BCUT2D eigenvalue weighted by molar-refractivity contribution is 6.31. The minimum Gasteiger partial charge on any atom is -0.618 e. The molecule has 32 heavy (non-hydrogen) atoms. The van der Waals surface area contributed by atoms with E-state index in [-0.39, 0.29) is 12.6 Å². The molecule has 2 aromatic rings. The molecule has 172 valence electrons. The predicted molar refractivity (Wildman–Crippen MR) is 122 cm³/mol. The van der Waals surface area contributed by atoms with Crippen molar-refractivity contribution in [2.75, 3.05) is 11.9 Å². The molecule has 1 heterocycles. The summed E-state index contributed by atoms with van der Waals surface area (Å²) in [6.07, 6.45) is 3.51. The number of pyridine rings is 1. The van der Waals surface area contributed by atoms with Gasteiger partial charge < -0.3 is 14.7 Å². The van der Waals surface area contributed by atoms with E-state index < -0.39 is 17.6 Å². The van der Waals surface area contributed by atoms with Crippen LogP contribution < -0.4 is 10.0 Å². The smallest absolute Gasteiger partial charge is 0.412 e. The Morgan fingerprint density at radius 1 is 1.25 bits per heavy atom. The number of anilines is 1. The molecule has 1 fully saturated rings. The molecular formula is C24H29ClN2O5. The maximum absolute atomic E-state index is 12.9. The highest BCUT2D eigenvalue weighted by Crippen LogP contribution is 2.39. The van der Waals surface area contributed by atoms with Crippen LogP contribution >= 0.6 is 11.6 Å². The lowest BCUT2D eigenvalue weighted by Gasteiger charge is -2.20. The summed E-state index contributed by atoms with van der Waals surface area (Å²) < 4.78 is 11.2. The third-order valence-electron chi connectivity index (χ3n) is 5.07. The van der Waals surface area contributed by atoms with Crippen LogP contribution in [-0.4, -0.2) is 24.3 Å². The van der Waals surface area contributed by atoms with Gasteiger partial charge in [0, 0.05) is 22.2 Å². The highest BCUT2D eigenvalue weighted by Gasteiger charge is 2.35. The molecule has 0 aliphatic heterocycles. The maximum atomic E-state index is 12.9. The SMILES string of the molecule is CCOC(=O)C(CC1CC1)c1ccc(-c2cc(Cl)ccc2NC(=O)OC(C)(C)C)c[n+]1[O-]. The van der Waals surface area contributed by atoms with E-state index in [1.807, 2.05) is 0 Å². The first-order valence-corrected chi connectivity index (χ1v) is 11.1. The first-order valence-electron chi connectivity index (χ1n) is 10.8. The van der Waals surface area contributed by atoms with Gasteiger partial charge in [-0.1, -0.05) is 24.4 Å². The van der Waals surface area contributed by atoms with Gasteiger partial charge in [0.2, 0.25) is 5.69 Å². The molecule has 1 aromatic carbocycles. The summed E-state index contributed by atoms with van der Waals surface area (Å²) in [5.41, 5.74) is 1.26. The van der Waals surface area contributed by atoms with Crippen LogP contribution in [0.3, 0.4) is 0 Å². The number of amides is 1. The molecule has 1 amide bonds. The number of esters is 1. The fourth-order valence-corrected chi connectivity index (χ4v) is 3.64. The number of aromatic nitrogens is 1. The number of halogens is 1. The van der Waals surface area contributed by atoms with Gasteiger partial charge in [0.05, 0.1) is 12.3 Å². The molecule has 0 bridgehead atoms. The Bertz CT molecular complexity index is 998. The average molecular weight is 461 g/mol. The van der Waals surface area contributed by atoms with E-state index in [1.165, 1.54) is 6.20 Å². The number of hydrogen-bond acceptors (Lipinski definition) is 5. The number of carbonyl (C=O) groups excluding carboxylic acids is 2. The molecule has 1 unspecified atom stereocenters. The van der Waals surface area contributed by atoms with Gasteiger partial charge in [-0.3, -0.25) is 10.1 Å². The number of nitrogens with one attached hydrogen (secondary N) is 1. The lowest BCUT2D eigenvalue weighted by Crippen LogP contribution is -2.36. The van der Waals surface area contributed by atoms with Crippen LogP contribution in [-0.2, 0) is 14.3 Å². The zero-order chi connectivity index (χ0) is 23.5. The van der Waals surface area contributed by atoms with E-state index in [0.29, 0.717) is 44.6 Å². The van der Waals surface area contributed by atoms with Crippen LogP contribution in [0.5, 0.6) is 0 Å². The Kier molecular flexibility index (Phi) is 7.29. The van der Waals surface area contributed by atoms with Gasteiger partial charge in [-0.15, -0.1) is 0 Å². The minimum absolute atomic E-state index is 0.263. The van der Waals surface area contributed by atoms with Gasteiger partial charge >= 0.3 is 12.1 Å². The second-order valence-corrected chi connectivity index (χ2v) is 9.41. The highest BCUT2D eigenvalue weighted by atomic mass is 35.5. The molecule has 0 radical (unpaired) electrons. The topological polar surface area (TPSA) is 91.6 Å².